The summed E-state index contributed by atoms with van der Waals surface area (Å²) in [6, 6.07) is 0. The van der Waals surface area contributed by atoms with E-state index in [1.165, 1.54) is 11.8 Å². The first kappa shape index (κ1) is 13.0. The molecule has 0 aromatic carbocycles. The maximum Gasteiger partial charge on any atom is 0.239 e. The van der Waals surface area contributed by atoms with Gasteiger partial charge in [-0.1, -0.05) is 30.3 Å². The van der Waals surface area contributed by atoms with E-state index in [0.29, 0.717) is 5.89 Å². The quantitative estimate of drug-likeness (QED) is 0.738. The van der Waals surface area contributed by atoms with Gasteiger partial charge in [-0.2, -0.15) is 4.98 Å². The van der Waals surface area contributed by atoms with Crippen molar-refractivity contribution in [3.8, 4) is 0 Å². The van der Waals surface area contributed by atoms with Crippen LogP contribution >= 0.6 is 11.8 Å². The van der Waals surface area contributed by atoms with Crippen molar-refractivity contribution in [1.29, 1.82) is 0 Å². The molecule has 0 aliphatic heterocycles. The molecule has 0 spiro atoms. The van der Waals surface area contributed by atoms with E-state index in [2.05, 4.69) is 32.6 Å². The number of tetrazole rings is 1. The van der Waals surface area contributed by atoms with Gasteiger partial charge in [0, 0.05) is 13.5 Å². The van der Waals surface area contributed by atoms with E-state index in [9.17, 15) is 0 Å². The van der Waals surface area contributed by atoms with Gasteiger partial charge >= 0.3 is 0 Å². The Labute approximate surface area is 109 Å². The van der Waals surface area contributed by atoms with Gasteiger partial charge in [0.05, 0.1) is 5.25 Å². The Morgan fingerprint density at radius 2 is 2.28 bits per heavy atom. The Balaban J connectivity index is 1.98. The minimum absolute atomic E-state index is 0.0394. The van der Waals surface area contributed by atoms with Crippen LogP contribution in [0, 0.1) is 0 Å². The van der Waals surface area contributed by atoms with Gasteiger partial charge in [0.15, 0.2) is 5.82 Å². The normalized spacial score (nSPS) is 12.8. The van der Waals surface area contributed by atoms with Crippen LogP contribution in [0.1, 0.15) is 43.7 Å². The summed E-state index contributed by atoms with van der Waals surface area (Å²) in [6.45, 7) is 4.14. The van der Waals surface area contributed by atoms with Gasteiger partial charge in [0.25, 0.3) is 0 Å². The highest BCUT2D eigenvalue weighted by Gasteiger charge is 2.18. The molecule has 0 bridgehead atoms. The number of nitrogens with zero attached hydrogens (tertiary/aromatic N) is 6. The minimum Gasteiger partial charge on any atom is -0.338 e. The number of aromatic nitrogens is 6. The second-order valence-electron chi connectivity index (χ2n) is 4.00. The number of hydrogen-bond acceptors (Lipinski definition) is 7. The van der Waals surface area contributed by atoms with Gasteiger partial charge in [-0.3, -0.25) is 0 Å². The molecular weight excluding hydrogens is 252 g/mol. The first-order valence-electron chi connectivity index (χ1n) is 5.92. The van der Waals surface area contributed by atoms with Gasteiger partial charge in [-0.15, -0.1) is 5.10 Å². The Morgan fingerprint density at radius 1 is 1.44 bits per heavy atom. The number of aryl methyl sites for hydroxylation is 2. The summed E-state index contributed by atoms with van der Waals surface area (Å²) in [5, 5.41) is 16.0. The molecule has 2 aromatic heterocycles. The van der Waals surface area contributed by atoms with Crippen molar-refractivity contribution in [2.75, 3.05) is 0 Å². The zero-order valence-corrected chi connectivity index (χ0v) is 11.5. The molecule has 0 fully saturated rings. The maximum absolute atomic E-state index is 5.25. The van der Waals surface area contributed by atoms with Crippen LogP contribution in [0.4, 0.5) is 0 Å². The lowest BCUT2D eigenvalue weighted by Gasteiger charge is -2.03. The van der Waals surface area contributed by atoms with Crippen LogP contribution in [-0.4, -0.2) is 30.3 Å². The third-order valence-electron chi connectivity index (χ3n) is 2.45. The molecule has 2 rings (SSSR count). The average molecular weight is 268 g/mol. The van der Waals surface area contributed by atoms with Crippen molar-refractivity contribution in [2.24, 2.45) is 7.05 Å². The molecule has 7 nitrogen and oxygen atoms in total. The predicted molar refractivity (Wildman–Crippen MR) is 66.0 cm³/mol. The summed E-state index contributed by atoms with van der Waals surface area (Å²) in [6.07, 6.45) is 3.06. The third kappa shape index (κ3) is 3.06. The van der Waals surface area contributed by atoms with Gasteiger partial charge < -0.3 is 4.52 Å². The highest BCUT2D eigenvalue weighted by molar-refractivity contribution is 7.99. The molecule has 2 heterocycles. The van der Waals surface area contributed by atoms with Crippen LogP contribution in [0.25, 0.3) is 0 Å². The van der Waals surface area contributed by atoms with Crippen molar-refractivity contribution >= 4 is 11.8 Å². The zero-order valence-electron chi connectivity index (χ0n) is 10.7. The highest BCUT2D eigenvalue weighted by atomic mass is 32.2. The molecule has 2 aromatic rings. The van der Waals surface area contributed by atoms with Crippen molar-refractivity contribution < 1.29 is 4.52 Å². The summed E-state index contributed by atoms with van der Waals surface area (Å²) in [5.74, 6) is 1.39. The smallest absolute Gasteiger partial charge is 0.239 e. The largest absolute Gasteiger partial charge is 0.338 e. The molecule has 0 saturated carbocycles. The monoisotopic (exact) mass is 268 g/mol. The molecule has 0 radical (unpaired) electrons. The Hall–Kier alpha value is -1.44. The molecule has 18 heavy (non-hydrogen) atoms. The Kier molecular flexibility index (Phi) is 4.29. The van der Waals surface area contributed by atoms with Gasteiger partial charge in [-0.25, -0.2) is 4.68 Å². The van der Waals surface area contributed by atoms with Crippen LogP contribution in [0.15, 0.2) is 9.68 Å². The molecule has 1 unspecified atom stereocenters. The molecular formula is C10H16N6OS. The molecule has 1 atom stereocenters. The molecule has 0 saturated heterocycles. The number of hydrogen-bond donors (Lipinski definition) is 0. The van der Waals surface area contributed by atoms with Crippen molar-refractivity contribution in [1.82, 2.24) is 30.3 Å². The van der Waals surface area contributed by atoms with E-state index in [0.717, 1.165) is 30.2 Å². The van der Waals surface area contributed by atoms with Crippen molar-refractivity contribution in [3.63, 3.8) is 0 Å². The summed E-state index contributed by atoms with van der Waals surface area (Å²) in [4.78, 5) is 4.38. The van der Waals surface area contributed by atoms with Crippen molar-refractivity contribution in [3.05, 3.63) is 11.7 Å². The Bertz CT molecular complexity index is 496. The van der Waals surface area contributed by atoms with E-state index in [1.807, 2.05) is 6.92 Å². The number of rotatable bonds is 6. The number of unbranched alkanes of at least 4 members (excludes halogenated alkanes) is 1. The molecule has 8 heteroatoms. The fourth-order valence-corrected chi connectivity index (χ4v) is 2.18. The van der Waals surface area contributed by atoms with Crippen LogP contribution in [0.3, 0.4) is 0 Å². The van der Waals surface area contributed by atoms with Crippen LogP contribution in [-0.2, 0) is 13.5 Å². The molecule has 0 N–H and O–H groups in total. The second-order valence-corrected chi connectivity index (χ2v) is 5.31. The van der Waals surface area contributed by atoms with Gasteiger partial charge in [0.2, 0.25) is 11.0 Å². The fraction of sp³-hybridized carbons (Fsp3) is 0.700. The number of thioether (sulfide) groups is 1. The topological polar surface area (TPSA) is 82.5 Å². The fourth-order valence-electron chi connectivity index (χ4n) is 1.40. The van der Waals surface area contributed by atoms with E-state index in [-0.39, 0.29) is 5.25 Å². The molecule has 0 amide bonds. The van der Waals surface area contributed by atoms with Crippen LogP contribution in [0.5, 0.6) is 0 Å². The van der Waals surface area contributed by atoms with Crippen LogP contribution < -0.4 is 0 Å². The first-order chi connectivity index (χ1) is 8.70. The lowest BCUT2D eigenvalue weighted by molar-refractivity contribution is 0.374. The summed E-state index contributed by atoms with van der Waals surface area (Å²) >= 11 is 1.50. The first-order valence-corrected chi connectivity index (χ1v) is 6.80. The average Bonchev–Trinajstić information content (AvgIpc) is 2.97. The third-order valence-corrected chi connectivity index (χ3v) is 3.56. The van der Waals surface area contributed by atoms with Gasteiger partial charge in [-0.05, 0) is 23.8 Å². The maximum atomic E-state index is 5.25. The SMILES string of the molecule is CCCCc1noc(C(C)Sc2nnnn2C)n1. The lowest BCUT2D eigenvalue weighted by Crippen LogP contribution is -1.96. The van der Waals surface area contributed by atoms with Crippen LogP contribution in [0.2, 0.25) is 0 Å². The second kappa shape index (κ2) is 5.94. The van der Waals surface area contributed by atoms with Gasteiger partial charge in [0.1, 0.15) is 0 Å². The van der Waals surface area contributed by atoms with Crippen molar-refractivity contribution in [2.45, 2.75) is 43.5 Å². The molecule has 0 aliphatic rings. The van der Waals surface area contributed by atoms with E-state index in [4.69, 9.17) is 4.52 Å². The Morgan fingerprint density at radius 3 is 2.94 bits per heavy atom. The predicted octanol–water partition coefficient (Wildman–Crippen LogP) is 1.79. The zero-order chi connectivity index (χ0) is 13.0. The van der Waals surface area contributed by atoms with E-state index >= 15 is 0 Å². The standard InChI is InChI=1S/C10H16N6OS/c1-4-5-6-8-11-9(17-13-8)7(2)18-10-12-14-15-16(10)3/h7H,4-6H2,1-3H3. The van der Waals surface area contributed by atoms with E-state index < -0.39 is 0 Å². The highest BCUT2D eigenvalue weighted by Crippen LogP contribution is 2.31. The van der Waals surface area contributed by atoms with E-state index in [1.54, 1.807) is 11.7 Å². The molecule has 98 valence electrons. The molecule has 0 aliphatic carbocycles. The summed E-state index contributed by atoms with van der Waals surface area (Å²) < 4.78 is 6.87. The lowest BCUT2D eigenvalue weighted by atomic mass is 10.2. The summed E-state index contributed by atoms with van der Waals surface area (Å²) in [5.41, 5.74) is 0. The summed E-state index contributed by atoms with van der Waals surface area (Å²) in [7, 11) is 1.80. The minimum atomic E-state index is 0.0394.